The van der Waals surface area contributed by atoms with Crippen molar-refractivity contribution < 1.29 is 17.5 Å². The second-order valence-electron chi connectivity index (χ2n) is 5.91. The Kier molecular flexibility index (Phi) is 5.24. The van der Waals surface area contributed by atoms with Crippen molar-refractivity contribution >= 4 is 26.5 Å². The number of halogens is 1. The molecule has 29 heavy (non-hydrogen) atoms. The zero-order valence-corrected chi connectivity index (χ0v) is 16.5. The molecule has 0 spiro atoms. The highest BCUT2D eigenvalue weighted by Gasteiger charge is 2.19. The molecule has 6 nitrogen and oxygen atoms in total. The summed E-state index contributed by atoms with van der Waals surface area (Å²) >= 11 is 1.02. The van der Waals surface area contributed by atoms with E-state index in [0.29, 0.717) is 5.75 Å². The Morgan fingerprint density at radius 3 is 2.41 bits per heavy atom. The fourth-order valence-electron chi connectivity index (χ4n) is 2.65. The molecule has 0 saturated carbocycles. The summed E-state index contributed by atoms with van der Waals surface area (Å²) in [6.45, 7) is 0. The summed E-state index contributed by atoms with van der Waals surface area (Å²) in [7, 11) is -3.98. The molecule has 0 aliphatic carbocycles. The number of rotatable bonds is 6. The lowest BCUT2D eigenvalue weighted by Gasteiger charge is -2.13. The quantitative estimate of drug-likeness (QED) is 0.471. The highest BCUT2D eigenvalue weighted by Crippen LogP contribution is 2.34. The van der Waals surface area contributed by atoms with E-state index in [0.717, 1.165) is 28.5 Å². The Labute approximate surface area is 170 Å². The first-order chi connectivity index (χ1) is 14.0. The van der Waals surface area contributed by atoms with E-state index in [2.05, 4.69) is 14.9 Å². The number of aromatic nitrogens is 2. The zero-order valence-electron chi connectivity index (χ0n) is 14.8. The molecule has 0 unspecified atom stereocenters. The van der Waals surface area contributed by atoms with Crippen molar-refractivity contribution in [3.05, 3.63) is 84.1 Å². The molecule has 0 atom stereocenters. The molecule has 3 aromatic carbocycles. The van der Waals surface area contributed by atoms with Gasteiger partial charge >= 0.3 is 0 Å². The lowest BCUT2D eigenvalue weighted by atomic mass is 10.1. The molecule has 4 rings (SSSR count). The highest BCUT2D eigenvalue weighted by molar-refractivity contribution is 7.93. The molecule has 0 radical (unpaired) electrons. The van der Waals surface area contributed by atoms with Crippen molar-refractivity contribution in [2.24, 2.45) is 0 Å². The topological polar surface area (TPSA) is 81.2 Å². The molecule has 0 amide bonds. The predicted octanol–water partition coefficient (Wildman–Crippen LogP) is 4.94. The minimum Gasteiger partial charge on any atom is -0.454 e. The maximum absolute atomic E-state index is 14.6. The van der Waals surface area contributed by atoms with Gasteiger partial charge in [-0.05, 0) is 29.8 Å². The smallest absolute Gasteiger partial charge is 0.263 e. The normalized spacial score (nSPS) is 11.2. The van der Waals surface area contributed by atoms with Crippen molar-refractivity contribution in [3.8, 4) is 22.6 Å². The summed E-state index contributed by atoms with van der Waals surface area (Å²) in [5, 5.41) is 7.28. The van der Waals surface area contributed by atoms with Gasteiger partial charge in [0.25, 0.3) is 10.0 Å². The van der Waals surface area contributed by atoms with Gasteiger partial charge in [0.2, 0.25) is 5.13 Å². The number of sulfonamides is 1. The number of benzene rings is 3. The Morgan fingerprint density at radius 2 is 1.69 bits per heavy atom. The van der Waals surface area contributed by atoms with Crippen molar-refractivity contribution in [2.75, 3.05) is 4.72 Å². The third-order valence-electron chi connectivity index (χ3n) is 3.99. The van der Waals surface area contributed by atoms with Crippen LogP contribution in [0.1, 0.15) is 0 Å². The van der Waals surface area contributed by atoms with E-state index in [1.165, 1.54) is 17.6 Å². The SMILES string of the molecule is O=S(=O)(Nc1nncs1)c1ccc(Oc2ccccc2-c2ccccc2)c(F)c1. The molecule has 0 fully saturated rings. The number of hydrogen-bond donors (Lipinski definition) is 1. The predicted molar refractivity (Wildman–Crippen MR) is 109 cm³/mol. The second kappa shape index (κ2) is 7.98. The van der Waals surface area contributed by atoms with Crippen molar-refractivity contribution in [2.45, 2.75) is 4.90 Å². The first-order valence-electron chi connectivity index (χ1n) is 8.44. The molecular formula is C20H14FN3O3S2. The van der Waals surface area contributed by atoms with Gasteiger partial charge in [0.05, 0.1) is 4.90 Å². The number of nitrogens with zero attached hydrogens (tertiary/aromatic N) is 2. The van der Waals surface area contributed by atoms with E-state index in [4.69, 9.17) is 4.74 Å². The third kappa shape index (κ3) is 4.25. The number of anilines is 1. The lowest BCUT2D eigenvalue weighted by Crippen LogP contribution is -2.13. The van der Waals surface area contributed by atoms with Crippen LogP contribution in [0.15, 0.2) is 83.2 Å². The molecule has 1 heterocycles. The number of para-hydroxylation sites is 1. The Hall–Kier alpha value is -3.30. The average Bonchev–Trinajstić information content (AvgIpc) is 3.23. The van der Waals surface area contributed by atoms with Gasteiger partial charge in [-0.15, -0.1) is 10.2 Å². The van der Waals surface area contributed by atoms with E-state index in [1.54, 1.807) is 12.1 Å². The highest BCUT2D eigenvalue weighted by atomic mass is 32.2. The Morgan fingerprint density at radius 1 is 0.931 bits per heavy atom. The molecule has 9 heteroatoms. The van der Waals surface area contributed by atoms with Crippen molar-refractivity contribution in [3.63, 3.8) is 0 Å². The minimum atomic E-state index is -3.98. The Balaban J connectivity index is 1.62. The summed E-state index contributed by atoms with van der Waals surface area (Å²) < 4.78 is 47.4. The van der Waals surface area contributed by atoms with E-state index >= 15 is 0 Å². The fraction of sp³-hybridized carbons (Fsp3) is 0. The fourth-order valence-corrected chi connectivity index (χ4v) is 4.36. The zero-order chi connectivity index (χ0) is 20.3. The van der Waals surface area contributed by atoms with Crippen molar-refractivity contribution in [1.29, 1.82) is 0 Å². The van der Waals surface area contributed by atoms with Crippen LogP contribution in [-0.4, -0.2) is 18.6 Å². The molecule has 146 valence electrons. The number of hydrogen-bond acceptors (Lipinski definition) is 6. The third-order valence-corrected chi connectivity index (χ3v) is 6.06. The number of nitrogens with one attached hydrogen (secondary N) is 1. The number of ether oxygens (including phenoxy) is 1. The van der Waals surface area contributed by atoms with Gasteiger partial charge < -0.3 is 4.74 Å². The van der Waals surface area contributed by atoms with Crippen LogP contribution in [0.2, 0.25) is 0 Å². The van der Waals surface area contributed by atoms with Crippen LogP contribution in [0.5, 0.6) is 11.5 Å². The first-order valence-corrected chi connectivity index (χ1v) is 10.8. The van der Waals surface area contributed by atoms with Crippen LogP contribution in [0.3, 0.4) is 0 Å². The van der Waals surface area contributed by atoms with E-state index in [1.807, 2.05) is 42.5 Å². The molecule has 1 N–H and O–H groups in total. The van der Waals surface area contributed by atoms with Crippen LogP contribution in [-0.2, 0) is 10.0 Å². The second-order valence-corrected chi connectivity index (χ2v) is 8.42. The van der Waals surface area contributed by atoms with Crippen LogP contribution < -0.4 is 9.46 Å². The van der Waals surface area contributed by atoms with Gasteiger partial charge in [0, 0.05) is 5.56 Å². The molecule has 1 aromatic heterocycles. The van der Waals surface area contributed by atoms with E-state index < -0.39 is 15.8 Å². The first kappa shape index (κ1) is 19.0. The van der Waals surface area contributed by atoms with Crippen LogP contribution in [0.25, 0.3) is 11.1 Å². The van der Waals surface area contributed by atoms with E-state index in [-0.39, 0.29) is 15.8 Å². The largest absolute Gasteiger partial charge is 0.454 e. The van der Waals surface area contributed by atoms with Gasteiger partial charge in [-0.25, -0.2) is 12.8 Å². The summed E-state index contributed by atoms with van der Waals surface area (Å²) in [5.41, 5.74) is 3.10. The standard InChI is InChI=1S/C20H14FN3O3S2/c21-17-12-15(29(25,26)24-20-23-22-13-28-20)10-11-19(17)27-18-9-5-4-8-16(18)14-6-2-1-3-7-14/h1-13H,(H,23,24). The maximum atomic E-state index is 14.6. The molecule has 0 saturated heterocycles. The molecule has 0 aliphatic rings. The summed E-state index contributed by atoms with van der Waals surface area (Å²) in [6.07, 6.45) is 0. The summed E-state index contributed by atoms with van der Waals surface area (Å²) in [5.74, 6) is -0.420. The maximum Gasteiger partial charge on any atom is 0.263 e. The van der Waals surface area contributed by atoms with Gasteiger partial charge in [0.1, 0.15) is 11.3 Å². The van der Waals surface area contributed by atoms with Gasteiger partial charge in [0.15, 0.2) is 11.6 Å². The van der Waals surface area contributed by atoms with Gasteiger partial charge in [-0.2, -0.15) is 0 Å². The van der Waals surface area contributed by atoms with E-state index in [9.17, 15) is 12.8 Å². The molecule has 4 aromatic rings. The molecular weight excluding hydrogens is 413 g/mol. The lowest BCUT2D eigenvalue weighted by molar-refractivity contribution is 0.442. The molecule has 0 aliphatic heterocycles. The minimum absolute atomic E-state index is 0.0803. The van der Waals surface area contributed by atoms with Crippen molar-refractivity contribution in [1.82, 2.24) is 10.2 Å². The Bertz CT molecular complexity index is 1230. The monoisotopic (exact) mass is 427 g/mol. The van der Waals surface area contributed by atoms with Crippen LogP contribution >= 0.6 is 11.3 Å². The average molecular weight is 427 g/mol. The van der Waals surface area contributed by atoms with Gasteiger partial charge in [-0.3, -0.25) is 4.72 Å². The summed E-state index contributed by atoms with van der Waals surface area (Å²) in [6, 6.07) is 20.3. The van der Waals surface area contributed by atoms with Gasteiger partial charge in [-0.1, -0.05) is 59.9 Å². The van der Waals surface area contributed by atoms with Crippen LogP contribution in [0.4, 0.5) is 9.52 Å². The summed E-state index contributed by atoms with van der Waals surface area (Å²) in [4.78, 5) is -0.242. The molecule has 0 bridgehead atoms. The van der Waals surface area contributed by atoms with Crippen LogP contribution in [0, 0.1) is 5.82 Å².